The van der Waals surface area contributed by atoms with E-state index in [0.29, 0.717) is 12.2 Å². The zero-order chi connectivity index (χ0) is 19.3. The summed E-state index contributed by atoms with van der Waals surface area (Å²) in [6.07, 6.45) is 0. The third-order valence-corrected chi connectivity index (χ3v) is 6.60. The van der Waals surface area contributed by atoms with Gasteiger partial charge in [0.2, 0.25) is 0 Å². The summed E-state index contributed by atoms with van der Waals surface area (Å²) in [5, 5.41) is -0.000110. The first-order chi connectivity index (χ1) is 13.7. The molecule has 0 spiro atoms. The lowest BCUT2D eigenvalue weighted by atomic mass is 10.1. The van der Waals surface area contributed by atoms with Crippen LogP contribution in [0.4, 0.5) is 0 Å². The highest BCUT2D eigenvalue weighted by Crippen LogP contribution is 2.40. The molecule has 5 heteroatoms. The van der Waals surface area contributed by atoms with Crippen molar-refractivity contribution in [3.63, 3.8) is 0 Å². The summed E-state index contributed by atoms with van der Waals surface area (Å²) in [6, 6.07) is 25.8. The van der Waals surface area contributed by atoms with E-state index < -0.39 is 0 Å². The van der Waals surface area contributed by atoms with Gasteiger partial charge in [0.25, 0.3) is 5.91 Å². The van der Waals surface area contributed by atoms with Crippen LogP contribution >= 0.6 is 27.7 Å². The van der Waals surface area contributed by atoms with E-state index >= 15 is 0 Å². The van der Waals surface area contributed by atoms with Gasteiger partial charge in [-0.15, -0.1) is 11.8 Å². The van der Waals surface area contributed by atoms with Gasteiger partial charge in [-0.1, -0.05) is 54.6 Å². The fourth-order valence-corrected chi connectivity index (χ4v) is 4.94. The average molecular weight is 454 g/mol. The maximum Gasteiger partial charge on any atom is 0.256 e. The third kappa shape index (κ3) is 4.26. The van der Waals surface area contributed by atoms with E-state index in [1.807, 2.05) is 65.6 Å². The zero-order valence-corrected chi connectivity index (χ0v) is 17.7. The number of rotatable bonds is 5. The van der Waals surface area contributed by atoms with Crippen LogP contribution < -0.4 is 4.74 Å². The van der Waals surface area contributed by atoms with Gasteiger partial charge in [-0.05, 0) is 51.3 Å². The largest absolute Gasteiger partial charge is 0.489 e. The fourth-order valence-electron chi connectivity index (χ4n) is 3.24. The van der Waals surface area contributed by atoms with E-state index in [2.05, 4.69) is 34.1 Å². The Hall–Kier alpha value is -2.24. The molecule has 142 valence electrons. The average Bonchev–Trinajstić information content (AvgIpc) is 3.23. The zero-order valence-electron chi connectivity index (χ0n) is 15.3. The molecule has 0 aliphatic carbocycles. The van der Waals surface area contributed by atoms with E-state index in [1.54, 1.807) is 11.8 Å². The molecule has 0 bridgehead atoms. The van der Waals surface area contributed by atoms with E-state index in [-0.39, 0.29) is 11.3 Å². The predicted molar refractivity (Wildman–Crippen MR) is 118 cm³/mol. The van der Waals surface area contributed by atoms with Gasteiger partial charge in [-0.25, -0.2) is 0 Å². The number of amides is 1. The second-order valence-corrected chi connectivity index (χ2v) is 8.59. The van der Waals surface area contributed by atoms with Crippen molar-refractivity contribution >= 4 is 33.6 Å². The first kappa shape index (κ1) is 19.1. The first-order valence-electron chi connectivity index (χ1n) is 9.16. The third-order valence-electron chi connectivity index (χ3n) is 4.65. The Morgan fingerprint density at radius 1 is 1.04 bits per heavy atom. The van der Waals surface area contributed by atoms with Crippen molar-refractivity contribution < 1.29 is 9.53 Å². The molecular formula is C23H20BrNO2S. The molecule has 28 heavy (non-hydrogen) atoms. The molecule has 1 fully saturated rings. The summed E-state index contributed by atoms with van der Waals surface area (Å²) in [7, 11) is 0. The monoisotopic (exact) mass is 453 g/mol. The minimum absolute atomic E-state index is 0.000110. The van der Waals surface area contributed by atoms with Crippen LogP contribution in [-0.2, 0) is 6.61 Å². The summed E-state index contributed by atoms with van der Waals surface area (Å²) in [5.74, 6) is 1.80. The van der Waals surface area contributed by atoms with E-state index in [1.165, 1.54) is 0 Å². The topological polar surface area (TPSA) is 29.5 Å². The molecule has 0 N–H and O–H groups in total. The highest BCUT2D eigenvalue weighted by molar-refractivity contribution is 9.10. The number of ether oxygens (including phenoxy) is 1. The van der Waals surface area contributed by atoms with Gasteiger partial charge >= 0.3 is 0 Å². The number of nitrogens with zero attached hydrogens (tertiary/aromatic N) is 1. The second-order valence-electron chi connectivity index (χ2n) is 6.55. The van der Waals surface area contributed by atoms with Gasteiger partial charge in [0.05, 0.1) is 5.56 Å². The highest BCUT2D eigenvalue weighted by Gasteiger charge is 2.32. The Labute approximate surface area is 177 Å². The van der Waals surface area contributed by atoms with Crippen molar-refractivity contribution in [2.24, 2.45) is 0 Å². The van der Waals surface area contributed by atoms with Crippen molar-refractivity contribution in [2.45, 2.75) is 12.0 Å². The summed E-state index contributed by atoms with van der Waals surface area (Å²) >= 11 is 5.29. The molecule has 1 aliphatic rings. The molecule has 3 aromatic carbocycles. The van der Waals surface area contributed by atoms with Gasteiger partial charge < -0.3 is 9.64 Å². The van der Waals surface area contributed by atoms with Gasteiger partial charge in [0, 0.05) is 16.8 Å². The van der Waals surface area contributed by atoms with Crippen LogP contribution in [0.3, 0.4) is 0 Å². The number of benzene rings is 3. The van der Waals surface area contributed by atoms with E-state index in [9.17, 15) is 4.79 Å². The van der Waals surface area contributed by atoms with E-state index in [4.69, 9.17) is 4.74 Å². The molecule has 1 atom stereocenters. The van der Waals surface area contributed by atoms with Gasteiger partial charge in [-0.2, -0.15) is 0 Å². The van der Waals surface area contributed by atoms with Crippen molar-refractivity contribution in [1.29, 1.82) is 0 Å². The summed E-state index contributed by atoms with van der Waals surface area (Å²) in [6.45, 7) is 1.27. The standard InChI is InChI=1S/C23H20BrNO2S/c24-21-12-5-4-11-20(21)22(26)25-13-14-28-23(25)18-9-6-10-19(15-18)27-16-17-7-2-1-3-8-17/h1-12,15,23H,13-14,16H2. The van der Waals surface area contributed by atoms with Crippen LogP contribution in [0, 0.1) is 0 Å². The second kappa shape index (κ2) is 8.84. The van der Waals surface area contributed by atoms with Crippen LogP contribution in [0.15, 0.2) is 83.3 Å². The molecular weight excluding hydrogens is 434 g/mol. The van der Waals surface area contributed by atoms with Crippen molar-refractivity contribution in [2.75, 3.05) is 12.3 Å². The molecule has 1 saturated heterocycles. The molecule has 0 aromatic heterocycles. The molecule has 3 aromatic rings. The van der Waals surface area contributed by atoms with Crippen molar-refractivity contribution in [3.8, 4) is 5.75 Å². The van der Waals surface area contributed by atoms with Crippen LogP contribution in [0.2, 0.25) is 0 Å². The Bertz CT molecular complexity index is 964. The number of halogens is 1. The minimum atomic E-state index is -0.000110. The number of carbonyl (C=O) groups excluding carboxylic acids is 1. The summed E-state index contributed by atoms with van der Waals surface area (Å²) in [4.78, 5) is 15.0. The molecule has 0 saturated carbocycles. The number of hydrogen-bond donors (Lipinski definition) is 0. The quantitative estimate of drug-likeness (QED) is 0.480. The van der Waals surface area contributed by atoms with Gasteiger partial charge in [-0.3, -0.25) is 4.79 Å². The van der Waals surface area contributed by atoms with Crippen molar-refractivity contribution in [1.82, 2.24) is 4.90 Å². The maximum absolute atomic E-state index is 13.1. The van der Waals surface area contributed by atoms with Gasteiger partial charge in [0.15, 0.2) is 0 Å². The summed E-state index contributed by atoms with van der Waals surface area (Å²) < 4.78 is 6.80. The molecule has 1 unspecified atom stereocenters. The van der Waals surface area contributed by atoms with E-state index in [0.717, 1.165) is 33.6 Å². The highest BCUT2D eigenvalue weighted by atomic mass is 79.9. The van der Waals surface area contributed by atoms with Crippen LogP contribution in [0.25, 0.3) is 0 Å². The normalized spacial score (nSPS) is 16.2. The van der Waals surface area contributed by atoms with Crippen LogP contribution in [-0.4, -0.2) is 23.1 Å². The van der Waals surface area contributed by atoms with Crippen molar-refractivity contribution in [3.05, 3.63) is 100 Å². The lowest BCUT2D eigenvalue weighted by Crippen LogP contribution is -2.30. The molecule has 1 amide bonds. The lowest BCUT2D eigenvalue weighted by molar-refractivity contribution is 0.0759. The lowest BCUT2D eigenvalue weighted by Gasteiger charge is -2.25. The van der Waals surface area contributed by atoms with Crippen LogP contribution in [0.1, 0.15) is 26.9 Å². The smallest absolute Gasteiger partial charge is 0.256 e. The molecule has 0 radical (unpaired) electrons. The number of hydrogen-bond acceptors (Lipinski definition) is 3. The Kier molecular flexibility index (Phi) is 6.03. The molecule has 1 aliphatic heterocycles. The molecule has 1 heterocycles. The fraction of sp³-hybridized carbons (Fsp3) is 0.174. The van der Waals surface area contributed by atoms with Gasteiger partial charge in [0.1, 0.15) is 17.7 Å². The summed E-state index contributed by atoms with van der Waals surface area (Å²) in [5.41, 5.74) is 2.92. The predicted octanol–water partition coefficient (Wildman–Crippen LogP) is 5.92. The minimum Gasteiger partial charge on any atom is -0.489 e. The first-order valence-corrected chi connectivity index (χ1v) is 11.0. The molecule has 4 rings (SSSR count). The molecule has 3 nitrogen and oxygen atoms in total. The number of thioether (sulfide) groups is 1. The Balaban J connectivity index is 1.51. The Morgan fingerprint density at radius 2 is 1.82 bits per heavy atom. The SMILES string of the molecule is O=C(c1ccccc1Br)N1CCSC1c1cccc(OCc2ccccc2)c1. The number of carbonyl (C=O) groups is 1. The maximum atomic E-state index is 13.1. The van der Waals surface area contributed by atoms with Crippen LogP contribution in [0.5, 0.6) is 5.75 Å². The Morgan fingerprint density at radius 3 is 2.64 bits per heavy atom.